The minimum absolute atomic E-state index is 0.588. The highest BCUT2D eigenvalue weighted by atomic mass is 28.3. The quantitative estimate of drug-likeness (QED) is 0.603. The molecule has 0 fully saturated rings. The maximum absolute atomic E-state index is 12.4. The van der Waals surface area contributed by atoms with E-state index in [2.05, 4.69) is 26.5 Å². The van der Waals surface area contributed by atoms with Gasteiger partial charge in [-0.25, -0.2) is 0 Å². The summed E-state index contributed by atoms with van der Waals surface area (Å²) in [4.78, 5) is 0. The summed E-state index contributed by atoms with van der Waals surface area (Å²) in [6.45, 7) is 6.61. The van der Waals surface area contributed by atoms with Crippen LogP contribution in [0.5, 0.6) is 0 Å². The summed E-state index contributed by atoms with van der Waals surface area (Å²) < 4.78 is 37.3. The Morgan fingerprint density at radius 2 is 1.42 bits per heavy atom. The van der Waals surface area contributed by atoms with Crippen LogP contribution in [0.1, 0.15) is 31.9 Å². The summed E-state index contributed by atoms with van der Waals surface area (Å²) in [5.74, 6) is 0. The lowest BCUT2D eigenvalue weighted by molar-refractivity contribution is -0.137. The second-order valence-electron chi connectivity index (χ2n) is 4.88. The van der Waals surface area contributed by atoms with Crippen LogP contribution in [-0.2, 0) is 6.18 Å². The van der Waals surface area contributed by atoms with Crippen molar-refractivity contribution >= 4 is 14.1 Å². The summed E-state index contributed by atoms with van der Waals surface area (Å²) in [6, 6.07) is 8.91. The van der Waals surface area contributed by atoms with Crippen LogP contribution in [0, 0.1) is 0 Å². The van der Waals surface area contributed by atoms with Crippen LogP contribution in [0.15, 0.2) is 30.0 Å². The number of hydrogen-bond acceptors (Lipinski definition) is 0. The first-order valence-corrected chi connectivity index (χ1v) is 9.43. The van der Waals surface area contributed by atoms with Gasteiger partial charge in [-0.05, 0) is 17.7 Å². The second kappa shape index (κ2) is 6.42. The van der Waals surface area contributed by atoms with Crippen LogP contribution in [0.3, 0.4) is 0 Å². The van der Waals surface area contributed by atoms with E-state index >= 15 is 0 Å². The third-order valence-electron chi connectivity index (χ3n) is 3.98. The number of benzene rings is 1. The molecule has 0 amide bonds. The molecule has 0 aliphatic heterocycles. The Morgan fingerprint density at radius 1 is 0.947 bits per heavy atom. The van der Waals surface area contributed by atoms with Crippen molar-refractivity contribution < 1.29 is 13.2 Å². The summed E-state index contributed by atoms with van der Waals surface area (Å²) in [7, 11) is -1.35. The lowest BCUT2D eigenvalue weighted by Crippen LogP contribution is -2.28. The van der Waals surface area contributed by atoms with Crippen molar-refractivity contribution in [3.63, 3.8) is 0 Å². The molecule has 4 heteroatoms. The van der Waals surface area contributed by atoms with Gasteiger partial charge in [-0.1, -0.05) is 62.8 Å². The Labute approximate surface area is 114 Å². The maximum Gasteiger partial charge on any atom is 0.416 e. The normalized spacial score (nSPS) is 13.2. The van der Waals surface area contributed by atoms with E-state index in [1.807, 2.05) is 6.08 Å². The molecule has 0 radical (unpaired) electrons. The van der Waals surface area contributed by atoms with Gasteiger partial charge in [0.05, 0.1) is 13.6 Å². The van der Waals surface area contributed by atoms with Crippen molar-refractivity contribution in [3.8, 4) is 0 Å². The third-order valence-corrected chi connectivity index (χ3v) is 9.08. The van der Waals surface area contributed by atoms with E-state index < -0.39 is 19.8 Å². The highest BCUT2D eigenvalue weighted by molar-refractivity contribution is 6.84. The van der Waals surface area contributed by atoms with Crippen LogP contribution in [0.25, 0.3) is 6.08 Å². The minimum atomic E-state index is -4.25. The monoisotopic (exact) mass is 286 g/mol. The lowest BCUT2D eigenvalue weighted by atomic mass is 10.1. The van der Waals surface area contributed by atoms with E-state index in [0.29, 0.717) is 0 Å². The molecule has 19 heavy (non-hydrogen) atoms. The van der Waals surface area contributed by atoms with Crippen molar-refractivity contribution in [1.82, 2.24) is 0 Å². The molecule has 1 aromatic carbocycles. The van der Waals surface area contributed by atoms with Crippen LogP contribution >= 0.6 is 0 Å². The molecule has 0 saturated carbocycles. The zero-order chi connectivity index (χ0) is 14.5. The Balaban J connectivity index is 2.89. The van der Waals surface area contributed by atoms with E-state index in [9.17, 15) is 13.2 Å². The van der Waals surface area contributed by atoms with Gasteiger partial charge in [0.2, 0.25) is 0 Å². The van der Waals surface area contributed by atoms with Crippen LogP contribution in [0.2, 0.25) is 18.1 Å². The van der Waals surface area contributed by atoms with Gasteiger partial charge in [0, 0.05) is 0 Å². The largest absolute Gasteiger partial charge is 0.416 e. The molecular weight excluding hydrogens is 265 g/mol. The summed E-state index contributed by atoms with van der Waals surface area (Å²) in [6.07, 6.45) is -2.26. The molecule has 0 atom stereocenters. The lowest BCUT2D eigenvalue weighted by Gasteiger charge is -2.23. The van der Waals surface area contributed by atoms with Gasteiger partial charge in [0.1, 0.15) is 0 Å². The molecule has 0 aromatic heterocycles. The van der Waals surface area contributed by atoms with E-state index in [0.717, 1.165) is 17.7 Å². The van der Waals surface area contributed by atoms with Crippen molar-refractivity contribution in [3.05, 3.63) is 41.1 Å². The molecule has 0 saturated heterocycles. The van der Waals surface area contributed by atoms with Crippen LogP contribution in [-0.4, -0.2) is 8.07 Å². The van der Waals surface area contributed by atoms with E-state index in [-0.39, 0.29) is 0 Å². The molecule has 1 rings (SSSR count). The van der Waals surface area contributed by atoms with Crippen molar-refractivity contribution in [1.29, 1.82) is 0 Å². The molecule has 0 unspecified atom stereocenters. The SMILES string of the molecule is CC[Si](/C=C\c1ccc(C(F)(F)F)cc1)(CC)CC. The zero-order valence-electron chi connectivity index (χ0n) is 11.7. The average Bonchev–Trinajstić information content (AvgIpc) is 2.40. The smallest absolute Gasteiger partial charge is 0.166 e. The molecule has 0 bridgehead atoms. The van der Waals surface area contributed by atoms with Crippen molar-refractivity contribution in [2.45, 2.75) is 45.1 Å². The van der Waals surface area contributed by atoms with Gasteiger partial charge in [-0.3, -0.25) is 0 Å². The number of halogens is 3. The maximum atomic E-state index is 12.4. The van der Waals surface area contributed by atoms with E-state index in [1.54, 1.807) is 12.1 Å². The molecule has 0 spiro atoms. The molecule has 106 valence electrons. The van der Waals surface area contributed by atoms with Gasteiger partial charge < -0.3 is 0 Å². The predicted octanol–water partition coefficient (Wildman–Crippen LogP) is 5.77. The number of hydrogen-bond donors (Lipinski definition) is 0. The first kappa shape index (κ1) is 16.0. The van der Waals surface area contributed by atoms with Crippen molar-refractivity contribution in [2.75, 3.05) is 0 Å². The van der Waals surface area contributed by atoms with E-state index in [1.165, 1.54) is 18.1 Å². The Bertz CT molecular complexity index is 406. The average molecular weight is 286 g/mol. The zero-order valence-corrected chi connectivity index (χ0v) is 12.7. The van der Waals surface area contributed by atoms with Gasteiger partial charge in [-0.2, -0.15) is 13.2 Å². The highest BCUT2D eigenvalue weighted by Crippen LogP contribution is 2.29. The van der Waals surface area contributed by atoms with Gasteiger partial charge in [-0.15, -0.1) is 0 Å². The fraction of sp³-hybridized carbons (Fsp3) is 0.467. The molecule has 0 N–H and O–H groups in total. The number of rotatable bonds is 5. The number of alkyl halides is 3. The standard InChI is InChI=1S/C15H21F3Si/c1-4-19(5-2,6-3)12-11-13-7-9-14(10-8-13)15(16,17)18/h7-12H,4-6H2,1-3H3/b12-11-. The molecule has 1 aromatic rings. The van der Waals surface area contributed by atoms with Crippen LogP contribution < -0.4 is 0 Å². The van der Waals surface area contributed by atoms with Gasteiger partial charge in [0.25, 0.3) is 0 Å². The first-order chi connectivity index (χ1) is 8.87. The topological polar surface area (TPSA) is 0 Å². The fourth-order valence-electron chi connectivity index (χ4n) is 2.16. The van der Waals surface area contributed by atoms with Gasteiger partial charge in [0.15, 0.2) is 0 Å². The predicted molar refractivity (Wildman–Crippen MR) is 77.7 cm³/mol. The summed E-state index contributed by atoms with van der Waals surface area (Å²) in [5.41, 5.74) is 2.53. The Kier molecular flexibility index (Phi) is 5.41. The summed E-state index contributed by atoms with van der Waals surface area (Å²) >= 11 is 0. The molecular formula is C15H21F3Si. The molecule has 0 aliphatic carbocycles. The Morgan fingerprint density at radius 3 is 1.79 bits per heavy atom. The molecule has 0 heterocycles. The molecule has 0 aliphatic rings. The Hall–Kier alpha value is -1.03. The van der Waals surface area contributed by atoms with Crippen LogP contribution in [0.4, 0.5) is 13.2 Å². The van der Waals surface area contributed by atoms with Gasteiger partial charge >= 0.3 is 6.18 Å². The minimum Gasteiger partial charge on any atom is -0.166 e. The summed E-state index contributed by atoms with van der Waals surface area (Å²) in [5, 5.41) is 0. The second-order valence-corrected chi connectivity index (χ2v) is 10.1. The first-order valence-electron chi connectivity index (χ1n) is 6.73. The van der Waals surface area contributed by atoms with E-state index in [4.69, 9.17) is 0 Å². The fourth-order valence-corrected chi connectivity index (χ4v) is 4.91. The third kappa shape index (κ3) is 4.23. The van der Waals surface area contributed by atoms with Crippen molar-refractivity contribution in [2.24, 2.45) is 0 Å². The molecule has 0 nitrogen and oxygen atoms in total. The highest BCUT2D eigenvalue weighted by Gasteiger charge is 2.29.